The average molecular weight is 398 g/mol. The first-order valence-electron chi connectivity index (χ1n) is 10.4. The summed E-state index contributed by atoms with van der Waals surface area (Å²) in [6, 6.07) is 31.1. The van der Waals surface area contributed by atoms with Gasteiger partial charge in [-0.25, -0.2) is 0 Å². The summed E-state index contributed by atoms with van der Waals surface area (Å²) in [5.74, 6) is 1.77. The van der Waals surface area contributed by atoms with Gasteiger partial charge in [-0.1, -0.05) is 78.4 Å². The Morgan fingerprint density at radius 2 is 1.40 bits per heavy atom. The van der Waals surface area contributed by atoms with Gasteiger partial charge in [0.15, 0.2) is 0 Å². The zero-order chi connectivity index (χ0) is 20.6. The lowest BCUT2D eigenvalue weighted by Gasteiger charge is -2.15. The van der Waals surface area contributed by atoms with E-state index in [1.165, 1.54) is 27.5 Å². The van der Waals surface area contributed by atoms with Crippen molar-refractivity contribution < 1.29 is 9.47 Å². The Kier molecular flexibility index (Phi) is 6.63. The normalized spacial score (nSPS) is 10.8. The van der Waals surface area contributed by atoms with Crippen LogP contribution in [0.5, 0.6) is 11.5 Å². The van der Waals surface area contributed by atoms with Crippen molar-refractivity contribution in [3.63, 3.8) is 0 Å². The van der Waals surface area contributed by atoms with Crippen LogP contribution < -0.4 is 14.8 Å². The monoisotopic (exact) mass is 397 g/mol. The number of ether oxygens (including phenoxy) is 2. The summed E-state index contributed by atoms with van der Waals surface area (Å²) in [5, 5.41) is 6.01. The van der Waals surface area contributed by atoms with Crippen LogP contribution in [0.15, 0.2) is 91.0 Å². The van der Waals surface area contributed by atoms with Crippen LogP contribution in [0.4, 0.5) is 0 Å². The first-order valence-corrected chi connectivity index (χ1v) is 10.4. The van der Waals surface area contributed by atoms with Gasteiger partial charge < -0.3 is 14.8 Å². The molecule has 0 heterocycles. The van der Waals surface area contributed by atoms with Gasteiger partial charge in [0.25, 0.3) is 0 Å². The Morgan fingerprint density at radius 1 is 0.667 bits per heavy atom. The molecule has 0 aromatic heterocycles. The summed E-state index contributed by atoms with van der Waals surface area (Å²) in [7, 11) is 0. The molecule has 4 rings (SSSR count). The molecule has 0 aliphatic rings. The lowest BCUT2D eigenvalue weighted by molar-refractivity contribution is 0.216. The highest BCUT2D eigenvalue weighted by molar-refractivity contribution is 5.87. The van der Waals surface area contributed by atoms with Crippen molar-refractivity contribution in [2.24, 2.45) is 0 Å². The molecule has 3 heteroatoms. The summed E-state index contributed by atoms with van der Waals surface area (Å²) >= 11 is 0. The van der Waals surface area contributed by atoms with Gasteiger partial charge in [-0.2, -0.15) is 0 Å². The molecule has 0 spiro atoms. The first-order chi connectivity index (χ1) is 14.8. The molecule has 0 saturated carbocycles. The van der Waals surface area contributed by atoms with E-state index in [9.17, 15) is 0 Å². The Labute approximate surface area is 178 Å². The molecule has 0 radical (unpaired) electrons. The molecule has 4 aromatic carbocycles. The number of hydrogen-bond donors (Lipinski definition) is 1. The molecule has 30 heavy (non-hydrogen) atoms. The molecule has 4 aromatic rings. The van der Waals surface area contributed by atoms with Gasteiger partial charge in [0.2, 0.25) is 0 Å². The predicted molar refractivity (Wildman–Crippen MR) is 123 cm³/mol. The van der Waals surface area contributed by atoms with Crippen molar-refractivity contribution in [1.82, 2.24) is 5.32 Å². The third-order valence-electron chi connectivity index (χ3n) is 5.10. The molecule has 0 unspecified atom stereocenters. The molecule has 1 N–H and O–H groups in total. The zero-order valence-electron chi connectivity index (χ0n) is 17.3. The maximum Gasteiger partial charge on any atom is 0.124 e. The molecule has 0 aliphatic carbocycles. The van der Waals surface area contributed by atoms with E-state index < -0.39 is 0 Å². The van der Waals surface area contributed by atoms with E-state index in [0.717, 1.165) is 24.6 Å². The second kappa shape index (κ2) is 9.95. The number of nitrogens with one attached hydrogen (secondary N) is 1. The number of aryl methyl sites for hydroxylation is 1. The summed E-state index contributed by atoms with van der Waals surface area (Å²) < 4.78 is 11.9. The first kappa shape index (κ1) is 20.0. The fourth-order valence-electron chi connectivity index (χ4n) is 3.50. The Hall–Kier alpha value is -3.30. The Morgan fingerprint density at radius 3 is 2.23 bits per heavy atom. The molecular weight excluding hydrogens is 370 g/mol. The second-order valence-corrected chi connectivity index (χ2v) is 7.36. The maximum absolute atomic E-state index is 6.12. The molecule has 0 atom stereocenters. The fourth-order valence-corrected chi connectivity index (χ4v) is 3.50. The van der Waals surface area contributed by atoms with Crippen molar-refractivity contribution in [3.05, 3.63) is 108 Å². The van der Waals surface area contributed by atoms with Crippen LogP contribution >= 0.6 is 0 Å². The lowest BCUT2D eigenvalue weighted by Crippen LogP contribution is -2.15. The summed E-state index contributed by atoms with van der Waals surface area (Å²) in [6.45, 7) is 4.67. The predicted octanol–water partition coefficient (Wildman–Crippen LogP) is 5.90. The van der Waals surface area contributed by atoms with Crippen LogP contribution in [0.3, 0.4) is 0 Å². The third-order valence-corrected chi connectivity index (χ3v) is 5.10. The standard InChI is InChI=1S/C27H27NO2/c1-21-11-13-22(14-12-21)19-28-20-26-25-10-6-5-7-23(25)15-16-27(26)30-18-17-29-24-8-3-2-4-9-24/h2-16,28H,17-20H2,1H3. The minimum absolute atomic E-state index is 0.498. The quantitative estimate of drug-likeness (QED) is 0.357. The van der Waals surface area contributed by atoms with Crippen molar-refractivity contribution in [1.29, 1.82) is 0 Å². The van der Waals surface area contributed by atoms with E-state index in [0.29, 0.717) is 13.2 Å². The number of benzene rings is 4. The van der Waals surface area contributed by atoms with Crippen LogP contribution in [0, 0.1) is 6.92 Å². The smallest absolute Gasteiger partial charge is 0.124 e. The van der Waals surface area contributed by atoms with E-state index in [4.69, 9.17) is 9.47 Å². The molecule has 0 fully saturated rings. The van der Waals surface area contributed by atoms with Gasteiger partial charge >= 0.3 is 0 Å². The van der Waals surface area contributed by atoms with Crippen molar-refractivity contribution in [2.45, 2.75) is 20.0 Å². The highest BCUT2D eigenvalue weighted by Gasteiger charge is 2.09. The minimum atomic E-state index is 0.498. The van der Waals surface area contributed by atoms with Crippen molar-refractivity contribution in [2.75, 3.05) is 13.2 Å². The van der Waals surface area contributed by atoms with Crippen LogP contribution in [0.2, 0.25) is 0 Å². The van der Waals surface area contributed by atoms with Crippen LogP contribution in [-0.2, 0) is 13.1 Å². The molecule has 0 aliphatic heterocycles. The lowest BCUT2D eigenvalue weighted by atomic mass is 10.0. The zero-order valence-corrected chi connectivity index (χ0v) is 17.3. The van der Waals surface area contributed by atoms with Gasteiger partial charge in [0, 0.05) is 18.7 Å². The van der Waals surface area contributed by atoms with E-state index >= 15 is 0 Å². The van der Waals surface area contributed by atoms with Crippen molar-refractivity contribution >= 4 is 10.8 Å². The average Bonchev–Trinajstić information content (AvgIpc) is 2.79. The molecule has 152 valence electrons. The molecule has 0 bridgehead atoms. The van der Waals surface area contributed by atoms with Crippen molar-refractivity contribution in [3.8, 4) is 11.5 Å². The van der Waals surface area contributed by atoms with E-state index in [-0.39, 0.29) is 0 Å². The minimum Gasteiger partial charge on any atom is -0.490 e. The Bertz CT molecular complexity index is 1070. The summed E-state index contributed by atoms with van der Waals surface area (Å²) in [4.78, 5) is 0. The van der Waals surface area contributed by atoms with Gasteiger partial charge in [0.1, 0.15) is 24.7 Å². The fraction of sp³-hybridized carbons (Fsp3) is 0.185. The Balaban J connectivity index is 1.43. The number of para-hydroxylation sites is 1. The van der Waals surface area contributed by atoms with E-state index in [1.54, 1.807) is 0 Å². The third kappa shape index (κ3) is 5.19. The largest absolute Gasteiger partial charge is 0.490 e. The molecule has 3 nitrogen and oxygen atoms in total. The number of fused-ring (bicyclic) bond motifs is 1. The van der Waals surface area contributed by atoms with Gasteiger partial charge in [-0.15, -0.1) is 0 Å². The SMILES string of the molecule is Cc1ccc(CNCc2c(OCCOc3ccccc3)ccc3ccccc23)cc1. The second-order valence-electron chi connectivity index (χ2n) is 7.36. The highest BCUT2D eigenvalue weighted by atomic mass is 16.5. The van der Waals surface area contributed by atoms with E-state index in [1.807, 2.05) is 30.3 Å². The van der Waals surface area contributed by atoms with Crippen LogP contribution in [0.25, 0.3) is 10.8 Å². The highest BCUT2D eigenvalue weighted by Crippen LogP contribution is 2.28. The van der Waals surface area contributed by atoms with Gasteiger partial charge in [-0.05, 0) is 41.5 Å². The number of hydrogen-bond acceptors (Lipinski definition) is 3. The van der Waals surface area contributed by atoms with Crippen LogP contribution in [0.1, 0.15) is 16.7 Å². The van der Waals surface area contributed by atoms with Gasteiger partial charge in [0.05, 0.1) is 0 Å². The molecule has 0 saturated heterocycles. The number of rotatable bonds is 9. The summed E-state index contributed by atoms with van der Waals surface area (Å²) in [5.41, 5.74) is 3.74. The topological polar surface area (TPSA) is 30.5 Å². The maximum atomic E-state index is 6.12. The van der Waals surface area contributed by atoms with Crippen LogP contribution in [-0.4, -0.2) is 13.2 Å². The van der Waals surface area contributed by atoms with E-state index in [2.05, 4.69) is 72.9 Å². The van der Waals surface area contributed by atoms with Gasteiger partial charge in [-0.3, -0.25) is 0 Å². The summed E-state index contributed by atoms with van der Waals surface area (Å²) in [6.07, 6.45) is 0. The molecule has 0 amide bonds. The molecular formula is C27H27NO2.